The largest absolute Gasteiger partial charge is 0.477 e. The van der Waals surface area contributed by atoms with Crippen LogP contribution in [0.2, 0.25) is 0 Å². The normalized spacial score (nSPS) is 21.7. The van der Waals surface area contributed by atoms with E-state index >= 15 is 0 Å². The van der Waals surface area contributed by atoms with Crippen LogP contribution in [0.3, 0.4) is 0 Å². The lowest BCUT2D eigenvalue weighted by atomic mass is 9.98. The van der Waals surface area contributed by atoms with Gasteiger partial charge in [-0.15, -0.1) is 0 Å². The highest BCUT2D eigenvalue weighted by Crippen LogP contribution is 2.40. The second kappa shape index (κ2) is 6.56. The first-order chi connectivity index (χ1) is 13.8. The number of carbonyl (C=O) groups excluding carboxylic acids is 1. The van der Waals surface area contributed by atoms with Crippen molar-refractivity contribution >= 4 is 21.5 Å². The van der Waals surface area contributed by atoms with Crippen LogP contribution in [0.4, 0.5) is 5.69 Å². The molecule has 2 atom stereocenters. The molecule has 0 radical (unpaired) electrons. The Bertz CT molecular complexity index is 1140. The lowest BCUT2D eigenvalue weighted by Gasteiger charge is -2.16. The summed E-state index contributed by atoms with van der Waals surface area (Å²) in [6.45, 7) is 3.19. The predicted octanol–water partition coefficient (Wildman–Crippen LogP) is 2.42. The smallest absolute Gasteiger partial charge is 0.277 e. The maximum Gasteiger partial charge on any atom is 0.277 e. The summed E-state index contributed by atoms with van der Waals surface area (Å²) in [4.78, 5) is 13.2. The van der Waals surface area contributed by atoms with E-state index in [4.69, 9.17) is 14.7 Å². The lowest BCUT2D eigenvalue weighted by molar-refractivity contribution is 0.101. The number of anilines is 1. The van der Waals surface area contributed by atoms with E-state index in [9.17, 15) is 9.00 Å². The van der Waals surface area contributed by atoms with Crippen LogP contribution in [0.5, 0.6) is 5.88 Å². The standard InChI is InChI=1S/C20H25N5O3S/c1-11-8-13-10-12-4-2-5-14(12)16(15(13)9-11)23-19(26)17-18(29(21,22)27)20-25(24-17)6-3-7-28-20/h10-11H,2-9H2,1H3,(H,23,26)(H3,21,22,27)/t11-/m0/s1. The van der Waals surface area contributed by atoms with Crippen molar-refractivity contribution in [3.63, 3.8) is 0 Å². The third kappa shape index (κ3) is 3.03. The van der Waals surface area contributed by atoms with Gasteiger partial charge in [0.05, 0.1) is 6.61 Å². The molecule has 154 valence electrons. The minimum atomic E-state index is -3.67. The number of benzene rings is 1. The highest BCUT2D eigenvalue weighted by atomic mass is 32.2. The number of amides is 1. The summed E-state index contributed by atoms with van der Waals surface area (Å²) in [5.74, 6) is 0.252. The molecular formula is C20H25N5O3S. The number of aryl methyl sites for hydroxylation is 2. The second-order valence-corrected chi connectivity index (χ2v) is 9.97. The number of ether oxygens (including phenoxy) is 1. The number of nitrogens with one attached hydrogen (secondary N) is 2. The number of nitrogens with zero attached hydrogens (tertiary/aromatic N) is 2. The summed E-state index contributed by atoms with van der Waals surface area (Å²) in [6.07, 6.45) is 5.73. The van der Waals surface area contributed by atoms with E-state index < -0.39 is 15.8 Å². The molecule has 2 heterocycles. The van der Waals surface area contributed by atoms with Crippen LogP contribution in [-0.2, 0) is 42.1 Å². The molecule has 4 N–H and O–H groups in total. The molecule has 3 aliphatic rings. The molecule has 1 aromatic heterocycles. The third-order valence-corrected chi connectivity index (χ3v) is 7.07. The Labute approximate surface area is 169 Å². The molecule has 5 rings (SSSR count). The van der Waals surface area contributed by atoms with Crippen molar-refractivity contribution in [2.24, 2.45) is 11.1 Å². The van der Waals surface area contributed by atoms with E-state index in [0.29, 0.717) is 19.1 Å². The number of hydrogen-bond acceptors (Lipinski definition) is 5. The molecule has 0 fully saturated rings. The highest BCUT2D eigenvalue weighted by Gasteiger charge is 2.33. The monoisotopic (exact) mass is 415 g/mol. The highest BCUT2D eigenvalue weighted by molar-refractivity contribution is 7.90. The first kappa shape index (κ1) is 18.6. The van der Waals surface area contributed by atoms with Crippen LogP contribution in [0.25, 0.3) is 0 Å². The van der Waals surface area contributed by atoms with Crippen molar-refractivity contribution in [1.82, 2.24) is 9.78 Å². The zero-order valence-corrected chi connectivity index (χ0v) is 17.2. The average molecular weight is 416 g/mol. The molecule has 1 unspecified atom stereocenters. The molecule has 29 heavy (non-hydrogen) atoms. The van der Waals surface area contributed by atoms with Crippen LogP contribution in [-0.4, -0.2) is 26.5 Å². The van der Waals surface area contributed by atoms with Crippen molar-refractivity contribution in [1.29, 1.82) is 4.78 Å². The Balaban J connectivity index is 1.59. The number of hydrogen-bond donors (Lipinski definition) is 3. The zero-order chi connectivity index (χ0) is 20.3. The molecule has 9 heteroatoms. The van der Waals surface area contributed by atoms with Gasteiger partial charge in [-0.1, -0.05) is 13.0 Å². The fraction of sp³-hybridized carbons (Fsp3) is 0.500. The number of fused-ring (bicyclic) bond motifs is 3. The number of nitrogens with two attached hydrogens (primary N) is 1. The van der Waals surface area contributed by atoms with E-state index in [-0.39, 0.29) is 16.5 Å². The van der Waals surface area contributed by atoms with Crippen LogP contribution < -0.4 is 15.2 Å². The topological polar surface area (TPSA) is 123 Å². The van der Waals surface area contributed by atoms with Gasteiger partial charge in [0.15, 0.2) is 10.6 Å². The minimum Gasteiger partial charge on any atom is -0.477 e. The quantitative estimate of drug-likeness (QED) is 0.712. The molecule has 1 aromatic carbocycles. The first-order valence-corrected chi connectivity index (χ1v) is 11.7. The van der Waals surface area contributed by atoms with E-state index in [1.165, 1.54) is 26.9 Å². The maximum absolute atomic E-state index is 13.3. The van der Waals surface area contributed by atoms with E-state index in [1.54, 1.807) is 0 Å². The summed E-state index contributed by atoms with van der Waals surface area (Å²) in [5, 5.41) is 13.0. The Morgan fingerprint density at radius 1 is 1.31 bits per heavy atom. The Hall–Kier alpha value is -2.39. The fourth-order valence-corrected chi connectivity index (χ4v) is 5.76. The molecule has 0 saturated carbocycles. The molecule has 0 spiro atoms. The first-order valence-electron chi connectivity index (χ1n) is 10.1. The summed E-state index contributed by atoms with van der Waals surface area (Å²) in [7, 11) is -3.67. The molecule has 2 aliphatic carbocycles. The Morgan fingerprint density at radius 2 is 2.14 bits per heavy atom. The molecule has 1 amide bonds. The van der Waals surface area contributed by atoms with Crippen molar-refractivity contribution in [3.05, 3.63) is 34.0 Å². The third-order valence-electron chi connectivity index (χ3n) is 6.10. The van der Waals surface area contributed by atoms with Crippen LogP contribution in [0.15, 0.2) is 11.0 Å². The molecule has 2 aromatic rings. The van der Waals surface area contributed by atoms with Gasteiger partial charge in [-0.25, -0.2) is 18.8 Å². The van der Waals surface area contributed by atoms with Crippen molar-refractivity contribution in [2.75, 3.05) is 11.9 Å². The lowest BCUT2D eigenvalue weighted by Crippen LogP contribution is -2.21. The van der Waals surface area contributed by atoms with Gasteiger partial charge in [0.25, 0.3) is 5.91 Å². The van der Waals surface area contributed by atoms with Crippen molar-refractivity contribution in [3.8, 4) is 5.88 Å². The predicted molar refractivity (Wildman–Crippen MR) is 109 cm³/mol. The van der Waals surface area contributed by atoms with E-state index in [1.807, 2.05) is 0 Å². The number of aromatic nitrogens is 2. The maximum atomic E-state index is 13.3. The van der Waals surface area contributed by atoms with Gasteiger partial charge in [0.2, 0.25) is 5.88 Å². The summed E-state index contributed by atoms with van der Waals surface area (Å²) >= 11 is 0. The molecule has 1 aliphatic heterocycles. The van der Waals surface area contributed by atoms with Gasteiger partial charge in [-0.2, -0.15) is 5.10 Å². The van der Waals surface area contributed by atoms with Crippen LogP contribution in [0, 0.1) is 10.7 Å². The van der Waals surface area contributed by atoms with E-state index in [2.05, 4.69) is 23.4 Å². The molecule has 0 saturated heterocycles. The molecule has 8 nitrogen and oxygen atoms in total. The zero-order valence-electron chi connectivity index (χ0n) is 16.4. The van der Waals surface area contributed by atoms with Gasteiger partial charge in [-0.3, -0.25) is 4.79 Å². The van der Waals surface area contributed by atoms with Gasteiger partial charge < -0.3 is 10.1 Å². The Kier molecular flexibility index (Phi) is 4.22. The van der Waals surface area contributed by atoms with Crippen molar-refractivity contribution < 1.29 is 13.7 Å². The minimum absolute atomic E-state index is 0.0696. The van der Waals surface area contributed by atoms with Gasteiger partial charge in [-0.05, 0) is 60.3 Å². The summed E-state index contributed by atoms with van der Waals surface area (Å²) in [5.41, 5.74) is 5.84. The van der Waals surface area contributed by atoms with Gasteiger partial charge >= 0.3 is 0 Å². The average Bonchev–Trinajstić information content (AvgIpc) is 3.35. The second-order valence-electron chi connectivity index (χ2n) is 8.36. The Morgan fingerprint density at radius 3 is 2.93 bits per heavy atom. The van der Waals surface area contributed by atoms with Gasteiger partial charge in [0, 0.05) is 18.7 Å². The molecule has 0 bridgehead atoms. The van der Waals surface area contributed by atoms with Crippen LogP contribution >= 0.6 is 0 Å². The molecular weight excluding hydrogens is 390 g/mol. The summed E-state index contributed by atoms with van der Waals surface area (Å²) in [6, 6.07) is 2.31. The van der Waals surface area contributed by atoms with E-state index in [0.717, 1.165) is 44.2 Å². The van der Waals surface area contributed by atoms with Crippen LogP contribution in [0.1, 0.15) is 52.5 Å². The van der Waals surface area contributed by atoms with Crippen molar-refractivity contribution in [2.45, 2.75) is 56.9 Å². The number of carbonyl (C=O) groups is 1. The fourth-order valence-electron chi connectivity index (χ4n) is 4.91. The SMILES string of the molecule is C[C@H]1Cc2cc3c(c(NC(=O)c4nn5c(c4S(=N)(N)=O)OCCC5)c2C1)CCC3. The number of rotatable bonds is 3. The summed E-state index contributed by atoms with van der Waals surface area (Å²) < 4.78 is 27.4. The van der Waals surface area contributed by atoms with Gasteiger partial charge in [0.1, 0.15) is 9.92 Å².